The first kappa shape index (κ1) is 15.2. The van der Waals surface area contributed by atoms with E-state index in [1.54, 1.807) is 7.05 Å². The summed E-state index contributed by atoms with van der Waals surface area (Å²) in [6, 6.07) is 0. The maximum absolute atomic E-state index is 11.7. The molecule has 0 aromatic carbocycles. The van der Waals surface area contributed by atoms with Crippen molar-refractivity contribution in [1.29, 1.82) is 0 Å². The fourth-order valence-electron chi connectivity index (χ4n) is 1.29. The molecule has 0 bridgehead atoms. The summed E-state index contributed by atoms with van der Waals surface area (Å²) in [4.78, 5) is 0. The van der Waals surface area contributed by atoms with Gasteiger partial charge in [-0.3, -0.25) is 0 Å². The third kappa shape index (κ3) is 7.14. The van der Waals surface area contributed by atoms with Crippen LogP contribution >= 0.6 is 11.6 Å². The lowest BCUT2D eigenvalue weighted by Crippen LogP contribution is -2.31. The van der Waals surface area contributed by atoms with Crippen molar-refractivity contribution in [2.45, 2.75) is 33.1 Å². The second kappa shape index (κ2) is 7.47. The predicted molar refractivity (Wildman–Crippen MR) is 65.8 cm³/mol. The van der Waals surface area contributed by atoms with E-state index in [1.807, 2.05) is 13.8 Å². The highest BCUT2D eigenvalue weighted by molar-refractivity contribution is 7.89. The van der Waals surface area contributed by atoms with Crippen molar-refractivity contribution >= 4 is 21.6 Å². The molecule has 0 heterocycles. The largest absolute Gasteiger partial charge is 0.214 e. The Morgan fingerprint density at radius 1 is 1.20 bits per heavy atom. The number of nitrogens with zero attached hydrogens (tertiary/aromatic N) is 1. The van der Waals surface area contributed by atoms with Crippen LogP contribution in [0, 0.1) is 5.92 Å². The predicted octanol–water partition coefficient (Wildman–Crippen LogP) is 2.31. The van der Waals surface area contributed by atoms with Gasteiger partial charge >= 0.3 is 0 Å². The Labute approximate surface area is 98.8 Å². The van der Waals surface area contributed by atoms with E-state index in [-0.39, 0.29) is 11.7 Å². The average Bonchev–Trinajstić information content (AvgIpc) is 2.10. The Hall–Kier alpha value is 0.200. The molecule has 0 aliphatic rings. The van der Waals surface area contributed by atoms with Crippen molar-refractivity contribution in [3.8, 4) is 0 Å². The van der Waals surface area contributed by atoms with Gasteiger partial charge in [-0.05, 0) is 18.8 Å². The Balaban J connectivity index is 3.92. The molecule has 0 amide bonds. The monoisotopic (exact) mass is 255 g/mol. The van der Waals surface area contributed by atoms with Crippen molar-refractivity contribution < 1.29 is 8.42 Å². The second-order valence-electron chi connectivity index (χ2n) is 4.24. The SMILES string of the molecule is CC(C)CS(=O)(=O)N(C)CCCCCCl. The number of alkyl halides is 1. The first-order valence-corrected chi connectivity index (χ1v) is 7.54. The molecule has 0 unspecified atom stereocenters. The van der Waals surface area contributed by atoms with E-state index >= 15 is 0 Å². The molecule has 0 N–H and O–H groups in total. The third-order valence-electron chi connectivity index (χ3n) is 2.13. The molecule has 0 aromatic rings. The van der Waals surface area contributed by atoms with E-state index in [4.69, 9.17) is 11.6 Å². The van der Waals surface area contributed by atoms with Gasteiger partial charge in [-0.15, -0.1) is 11.6 Å². The highest BCUT2D eigenvalue weighted by atomic mass is 35.5. The summed E-state index contributed by atoms with van der Waals surface area (Å²) in [6.45, 7) is 4.43. The minimum absolute atomic E-state index is 0.181. The van der Waals surface area contributed by atoms with E-state index in [9.17, 15) is 8.42 Å². The summed E-state index contributed by atoms with van der Waals surface area (Å²) in [6.07, 6.45) is 2.84. The Morgan fingerprint density at radius 3 is 2.27 bits per heavy atom. The van der Waals surface area contributed by atoms with Crippen LogP contribution in [0.5, 0.6) is 0 Å². The molecule has 0 radical (unpaired) electrons. The van der Waals surface area contributed by atoms with Crippen molar-refractivity contribution in [2.24, 2.45) is 5.92 Å². The van der Waals surface area contributed by atoms with Crippen LogP contribution in [-0.4, -0.2) is 37.9 Å². The quantitative estimate of drug-likeness (QED) is 0.493. The number of hydrogen-bond acceptors (Lipinski definition) is 2. The van der Waals surface area contributed by atoms with Gasteiger partial charge in [0.2, 0.25) is 10.0 Å². The molecule has 15 heavy (non-hydrogen) atoms. The van der Waals surface area contributed by atoms with Gasteiger partial charge in [-0.2, -0.15) is 0 Å². The van der Waals surface area contributed by atoms with Crippen molar-refractivity contribution in [3.63, 3.8) is 0 Å². The van der Waals surface area contributed by atoms with Crippen LogP contribution in [0.4, 0.5) is 0 Å². The first-order valence-electron chi connectivity index (χ1n) is 5.40. The summed E-state index contributed by atoms with van der Waals surface area (Å²) in [7, 11) is -1.40. The van der Waals surface area contributed by atoms with E-state index in [0.29, 0.717) is 12.4 Å². The first-order chi connectivity index (χ1) is 6.90. The molecule has 0 fully saturated rings. The van der Waals surface area contributed by atoms with Gasteiger partial charge in [-0.1, -0.05) is 20.3 Å². The standard InChI is InChI=1S/C10H22ClNO2S/c1-10(2)9-15(13,14)12(3)8-6-4-5-7-11/h10H,4-9H2,1-3H3. The highest BCUT2D eigenvalue weighted by Crippen LogP contribution is 2.07. The molecule has 0 saturated heterocycles. The fraction of sp³-hybridized carbons (Fsp3) is 1.00. The number of halogens is 1. The lowest BCUT2D eigenvalue weighted by Gasteiger charge is -2.18. The van der Waals surface area contributed by atoms with Crippen molar-refractivity contribution in [3.05, 3.63) is 0 Å². The molecule has 0 atom stereocenters. The zero-order valence-electron chi connectivity index (χ0n) is 9.87. The van der Waals surface area contributed by atoms with Crippen LogP contribution in [0.3, 0.4) is 0 Å². The van der Waals surface area contributed by atoms with Crippen LogP contribution < -0.4 is 0 Å². The number of hydrogen-bond donors (Lipinski definition) is 0. The van der Waals surface area contributed by atoms with E-state index in [1.165, 1.54) is 4.31 Å². The molecule has 0 aromatic heterocycles. The topological polar surface area (TPSA) is 37.4 Å². The normalized spacial score (nSPS) is 12.7. The average molecular weight is 256 g/mol. The van der Waals surface area contributed by atoms with E-state index in [2.05, 4.69) is 0 Å². The maximum atomic E-state index is 11.7. The minimum atomic E-state index is -3.05. The smallest absolute Gasteiger partial charge is 0.212 e. The number of rotatable bonds is 8. The second-order valence-corrected chi connectivity index (χ2v) is 6.74. The molecule has 0 rings (SSSR count). The van der Waals surface area contributed by atoms with Gasteiger partial charge in [0.15, 0.2) is 0 Å². The highest BCUT2D eigenvalue weighted by Gasteiger charge is 2.18. The summed E-state index contributed by atoms with van der Waals surface area (Å²) in [5, 5.41) is 0. The summed E-state index contributed by atoms with van der Waals surface area (Å²) in [5.41, 5.74) is 0. The maximum Gasteiger partial charge on any atom is 0.214 e. The lowest BCUT2D eigenvalue weighted by molar-refractivity contribution is 0.449. The van der Waals surface area contributed by atoms with Gasteiger partial charge in [0.25, 0.3) is 0 Å². The lowest BCUT2D eigenvalue weighted by atomic mass is 10.2. The summed E-state index contributed by atoms with van der Waals surface area (Å²) >= 11 is 5.54. The Kier molecular flexibility index (Phi) is 7.57. The third-order valence-corrected chi connectivity index (χ3v) is 4.61. The fourth-order valence-corrected chi connectivity index (χ4v) is 2.99. The van der Waals surface area contributed by atoms with Gasteiger partial charge in [0.05, 0.1) is 5.75 Å². The minimum Gasteiger partial charge on any atom is -0.212 e. The van der Waals surface area contributed by atoms with Crippen molar-refractivity contribution in [1.82, 2.24) is 4.31 Å². The van der Waals surface area contributed by atoms with E-state index < -0.39 is 10.0 Å². The Bertz CT molecular complexity index is 252. The Morgan fingerprint density at radius 2 is 1.80 bits per heavy atom. The summed E-state index contributed by atoms with van der Waals surface area (Å²) in [5.74, 6) is 1.07. The van der Waals surface area contributed by atoms with Gasteiger partial charge in [-0.25, -0.2) is 12.7 Å². The van der Waals surface area contributed by atoms with Gasteiger partial charge in [0, 0.05) is 19.5 Å². The van der Waals surface area contributed by atoms with Crippen LogP contribution in [0.15, 0.2) is 0 Å². The van der Waals surface area contributed by atoms with Crippen LogP contribution in [0.2, 0.25) is 0 Å². The molecule has 92 valence electrons. The zero-order valence-corrected chi connectivity index (χ0v) is 11.4. The van der Waals surface area contributed by atoms with E-state index in [0.717, 1.165) is 19.3 Å². The van der Waals surface area contributed by atoms with Gasteiger partial charge < -0.3 is 0 Å². The van der Waals surface area contributed by atoms with Crippen LogP contribution in [0.25, 0.3) is 0 Å². The van der Waals surface area contributed by atoms with Gasteiger partial charge in [0.1, 0.15) is 0 Å². The van der Waals surface area contributed by atoms with Crippen molar-refractivity contribution in [2.75, 3.05) is 25.2 Å². The number of sulfonamides is 1. The molecule has 5 heteroatoms. The molecule has 3 nitrogen and oxygen atoms in total. The zero-order chi connectivity index (χ0) is 11.9. The summed E-state index contributed by atoms with van der Waals surface area (Å²) < 4.78 is 24.9. The molecule has 0 saturated carbocycles. The van der Waals surface area contributed by atoms with Crippen LogP contribution in [0.1, 0.15) is 33.1 Å². The molecule has 0 aliphatic heterocycles. The molecule has 0 spiro atoms. The number of unbranched alkanes of at least 4 members (excludes halogenated alkanes) is 2. The molecule has 0 aliphatic carbocycles. The molecular weight excluding hydrogens is 234 g/mol. The van der Waals surface area contributed by atoms with Crippen LogP contribution in [-0.2, 0) is 10.0 Å². The molecular formula is C10H22ClNO2S.